The Morgan fingerprint density at radius 1 is 0.879 bits per heavy atom. The maximum Gasteiger partial charge on any atom is 0.282 e. The van der Waals surface area contributed by atoms with Gasteiger partial charge in [-0.2, -0.15) is 0 Å². The predicted molar refractivity (Wildman–Crippen MR) is 131 cm³/mol. The molecule has 0 saturated heterocycles. The number of imide groups is 1. The summed E-state index contributed by atoms with van der Waals surface area (Å²) in [5, 5.41) is 2.70. The van der Waals surface area contributed by atoms with Crippen molar-refractivity contribution in [2.24, 2.45) is 0 Å². The first-order valence-electron chi connectivity index (χ1n) is 10.8. The molecule has 1 N–H and O–H groups in total. The second kappa shape index (κ2) is 9.12. The van der Waals surface area contributed by atoms with Crippen LogP contribution in [0.4, 0.5) is 17.1 Å². The number of aryl methyl sites for hydroxylation is 1. The van der Waals surface area contributed by atoms with E-state index in [0.29, 0.717) is 34.8 Å². The third-order valence-corrected chi connectivity index (χ3v) is 5.50. The smallest absolute Gasteiger partial charge is 0.282 e. The van der Waals surface area contributed by atoms with Crippen LogP contribution in [0, 0.1) is 6.92 Å². The van der Waals surface area contributed by atoms with Gasteiger partial charge >= 0.3 is 0 Å². The van der Waals surface area contributed by atoms with Crippen LogP contribution in [-0.2, 0) is 14.4 Å². The van der Waals surface area contributed by atoms with E-state index in [1.165, 1.54) is 11.8 Å². The minimum absolute atomic E-state index is 0.192. The number of hydrogen-bond donors (Lipinski definition) is 1. The number of rotatable bonds is 6. The van der Waals surface area contributed by atoms with Gasteiger partial charge in [0.25, 0.3) is 11.8 Å². The second-order valence-electron chi connectivity index (χ2n) is 7.84. The molecule has 1 aliphatic rings. The van der Waals surface area contributed by atoms with Gasteiger partial charge in [0, 0.05) is 24.8 Å². The van der Waals surface area contributed by atoms with Crippen molar-refractivity contribution in [3.63, 3.8) is 0 Å². The van der Waals surface area contributed by atoms with Crippen molar-refractivity contribution in [3.8, 4) is 0 Å². The molecule has 6 heteroatoms. The highest BCUT2D eigenvalue weighted by atomic mass is 16.2. The quantitative estimate of drug-likeness (QED) is 0.562. The highest BCUT2D eigenvalue weighted by Gasteiger charge is 2.42. The molecule has 4 rings (SSSR count). The first-order chi connectivity index (χ1) is 15.9. The molecule has 0 spiro atoms. The summed E-state index contributed by atoms with van der Waals surface area (Å²) in [5.41, 5.74) is 4.36. The number of anilines is 3. The maximum absolute atomic E-state index is 13.7. The molecule has 0 unspecified atom stereocenters. The molecule has 0 aromatic heterocycles. The van der Waals surface area contributed by atoms with Crippen molar-refractivity contribution >= 4 is 40.4 Å². The first-order valence-corrected chi connectivity index (χ1v) is 10.8. The lowest BCUT2D eigenvalue weighted by molar-refractivity contribution is -0.120. The van der Waals surface area contributed by atoms with Gasteiger partial charge in [-0.1, -0.05) is 48.0 Å². The van der Waals surface area contributed by atoms with Gasteiger partial charge < -0.3 is 10.2 Å². The Hall–Kier alpha value is -4.19. The lowest BCUT2D eigenvalue weighted by Gasteiger charge is -2.25. The fraction of sp³-hybridized carbons (Fsp3) is 0.148. The van der Waals surface area contributed by atoms with E-state index < -0.39 is 0 Å². The van der Waals surface area contributed by atoms with E-state index in [1.807, 2.05) is 73.3 Å². The molecule has 0 atom stereocenters. The van der Waals surface area contributed by atoms with Crippen LogP contribution in [-0.4, -0.2) is 24.3 Å². The third-order valence-electron chi connectivity index (χ3n) is 5.50. The van der Waals surface area contributed by atoms with Crippen LogP contribution in [0.15, 0.2) is 84.6 Å². The number of likely N-dealkylation sites (N-methyl/N-ethyl adjacent to an activating group) is 1. The van der Waals surface area contributed by atoms with Crippen molar-refractivity contribution in [2.45, 2.75) is 20.8 Å². The SMILES string of the molecule is CCN(C1=C(c2ccc(C)cc2)C(=O)N(c2ccc(NC(C)=O)cc2)C1=O)c1ccccc1. The molecule has 0 saturated carbocycles. The molecule has 3 aromatic rings. The van der Waals surface area contributed by atoms with E-state index in [1.54, 1.807) is 24.3 Å². The van der Waals surface area contributed by atoms with Gasteiger partial charge in [0.2, 0.25) is 5.91 Å². The molecule has 33 heavy (non-hydrogen) atoms. The van der Waals surface area contributed by atoms with E-state index in [0.717, 1.165) is 11.3 Å². The van der Waals surface area contributed by atoms with E-state index in [2.05, 4.69) is 5.32 Å². The molecule has 0 bridgehead atoms. The number of amides is 3. The summed E-state index contributed by atoms with van der Waals surface area (Å²) in [6, 6.07) is 23.9. The van der Waals surface area contributed by atoms with Gasteiger partial charge in [-0.25, -0.2) is 4.90 Å². The van der Waals surface area contributed by atoms with Gasteiger partial charge in [-0.05, 0) is 55.8 Å². The first kappa shape index (κ1) is 22.0. The van der Waals surface area contributed by atoms with Gasteiger partial charge in [0.05, 0.1) is 11.3 Å². The lowest BCUT2D eigenvalue weighted by atomic mass is 10.0. The van der Waals surface area contributed by atoms with E-state index in [-0.39, 0.29) is 17.7 Å². The van der Waals surface area contributed by atoms with Crippen LogP contribution in [0.3, 0.4) is 0 Å². The summed E-state index contributed by atoms with van der Waals surface area (Å²) in [4.78, 5) is 41.8. The summed E-state index contributed by atoms with van der Waals surface area (Å²) in [5.74, 6) is -0.947. The normalized spacial score (nSPS) is 13.5. The molecule has 3 aromatic carbocycles. The Labute approximate surface area is 193 Å². The zero-order chi connectivity index (χ0) is 23.5. The molecular formula is C27H25N3O3. The van der Waals surface area contributed by atoms with Crippen molar-refractivity contribution in [2.75, 3.05) is 21.7 Å². The maximum atomic E-state index is 13.7. The number of carbonyl (C=O) groups is 3. The van der Waals surface area contributed by atoms with Gasteiger partial charge in [-0.3, -0.25) is 14.4 Å². The van der Waals surface area contributed by atoms with Crippen LogP contribution in [0.25, 0.3) is 5.57 Å². The molecule has 6 nitrogen and oxygen atoms in total. The number of nitrogens with one attached hydrogen (secondary N) is 1. The van der Waals surface area contributed by atoms with Crippen LogP contribution >= 0.6 is 0 Å². The monoisotopic (exact) mass is 439 g/mol. The second-order valence-corrected chi connectivity index (χ2v) is 7.84. The van der Waals surface area contributed by atoms with Gasteiger partial charge in [0.15, 0.2) is 0 Å². The van der Waals surface area contributed by atoms with Gasteiger partial charge in [-0.15, -0.1) is 0 Å². The van der Waals surface area contributed by atoms with Crippen molar-refractivity contribution in [3.05, 3.63) is 95.7 Å². The fourth-order valence-corrected chi connectivity index (χ4v) is 3.96. The van der Waals surface area contributed by atoms with Crippen LogP contribution in [0.2, 0.25) is 0 Å². The van der Waals surface area contributed by atoms with E-state index in [9.17, 15) is 14.4 Å². The Kier molecular flexibility index (Phi) is 6.09. The number of nitrogens with zero attached hydrogens (tertiary/aromatic N) is 2. The molecule has 1 heterocycles. The molecular weight excluding hydrogens is 414 g/mol. The van der Waals surface area contributed by atoms with Crippen LogP contribution in [0.1, 0.15) is 25.0 Å². The highest BCUT2D eigenvalue weighted by molar-refractivity contribution is 6.46. The molecule has 0 fully saturated rings. The molecule has 0 aliphatic carbocycles. The lowest BCUT2D eigenvalue weighted by Crippen LogP contribution is -2.35. The number of para-hydroxylation sites is 1. The zero-order valence-electron chi connectivity index (χ0n) is 18.8. The average Bonchev–Trinajstić information content (AvgIpc) is 3.06. The van der Waals surface area contributed by atoms with Crippen LogP contribution in [0.5, 0.6) is 0 Å². The minimum Gasteiger partial charge on any atom is -0.337 e. The molecule has 3 amide bonds. The minimum atomic E-state index is -0.381. The predicted octanol–water partition coefficient (Wildman–Crippen LogP) is 4.76. The Balaban J connectivity index is 1.82. The molecule has 1 aliphatic heterocycles. The van der Waals surface area contributed by atoms with Crippen molar-refractivity contribution in [1.29, 1.82) is 0 Å². The summed E-state index contributed by atoms with van der Waals surface area (Å²) in [6.07, 6.45) is 0. The average molecular weight is 440 g/mol. The zero-order valence-corrected chi connectivity index (χ0v) is 18.8. The Bertz CT molecular complexity index is 1230. The van der Waals surface area contributed by atoms with Crippen molar-refractivity contribution < 1.29 is 14.4 Å². The van der Waals surface area contributed by atoms with Gasteiger partial charge in [0.1, 0.15) is 5.70 Å². The summed E-state index contributed by atoms with van der Waals surface area (Å²) >= 11 is 0. The topological polar surface area (TPSA) is 69.7 Å². The Morgan fingerprint density at radius 3 is 2.09 bits per heavy atom. The van der Waals surface area contributed by atoms with Crippen LogP contribution < -0.4 is 15.1 Å². The summed E-state index contributed by atoms with van der Waals surface area (Å²) in [6.45, 7) is 5.87. The summed E-state index contributed by atoms with van der Waals surface area (Å²) in [7, 11) is 0. The Morgan fingerprint density at radius 2 is 1.52 bits per heavy atom. The number of benzene rings is 3. The van der Waals surface area contributed by atoms with E-state index in [4.69, 9.17) is 0 Å². The fourth-order valence-electron chi connectivity index (χ4n) is 3.96. The third kappa shape index (κ3) is 4.28. The van der Waals surface area contributed by atoms with Crippen molar-refractivity contribution in [1.82, 2.24) is 0 Å². The highest BCUT2D eigenvalue weighted by Crippen LogP contribution is 2.37. The molecule has 166 valence electrons. The number of hydrogen-bond acceptors (Lipinski definition) is 4. The molecule has 0 radical (unpaired) electrons. The van der Waals surface area contributed by atoms with E-state index >= 15 is 0 Å². The summed E-state index contributed by atoms with van der Waals surface area (Å²) < 4.78 is 0. The standard InChI is InChI=1S/C27H25N3O3/c1-4-29(22-8-6-5-7-9-22)25-24(20-12-10-18(2)11-13-20)26(32)30(27(25)33)23-16-14-21(15-17-23)28-19(3)31/h5-17H,4H2,1-3H3,(H,28,31). The number of carbonyl (C=O) groups excluding carboxylic acids is 3. The largest absolute Gasteiger partial charge is 0.337 e.